The van der Waals surface area contributed by atoms with Crippen LogP contribution in [0.4, 0.5) is 0 Å². The highest BCUT2D eigenvalue weighted by Crippen LogP contribution is 2.78. The molecule has 1 aliphatic heterocycles. The Morgan fingerprint density at radius 1 is 1.18 bits per heavy atom. The fraction of sp³-hybridized carbons (Fsp3) is 0.286. The first-order valence-electron chi connectivity index (χ1n) is 6.23. The Morgan fingerprint density at radius 3 is 2.18 bits per heavy atom. The molecule has 1 aromatic carbocycles. The molecule has 3 rings (SSSR count). The van der Waals surface area contributed by atoms with Crippen molar-refractivity contribution in [2.75, 3.05) is 0 Å². The Morgan fingerprint density at radius 2 is 1.73 bits per heavy atom. The van der Waals surface area contributed by atoms with Gasteiger partial charge in [-0.15, -0.1) is 0 Å². The largest absolute Gasteiger partial charge is 0.365 e. The van der Waals surface area contributed by atoms with E-state index in [1.807, 2.05) is 18.2 Å². The molecule has 1 aromatic rings. The van der Waals surface area contributed by atoms with Gasteiger partial charge in [0.25, 0.3) is 0 Å². The van der Waals surface area contributed by atoms with Gasteiger partial charge in [0, 0.05) is 10.0 Å². The van der Waals surface area contributed by atoms with Gasteiger partial charge >= 0.3 is 0 Å². The highest BCUT2D eigenvalue weighted by Gasteiger charge is 2.93. The second-order valence-electron chi connectivity index (χ2n) is 5.34. The second-order valence-corrected chi connectivity index (χ2v) is 6.25. The van der Waals surface area contributed by atoms with E-state index in [-0.39, 0.29) is 0 Å². The summed E-state index contributed by atoms with van der Waals surface area (Å²) in [5.41, 5.74) is -5.14. The maximum Gasteiger partial charge on any atom is 0.186 e. The fourth-order valence-electron chi connectivity index (χ4n) is 3.44. The molecule has 0 amide bonds. The minimum absolute atomic E-state index is 0.317. The van der Waals surface area contributed by atoms with Crippen molar-refractivity contribution in [1.82, 2.24) is 5.01 Å². The molecule has 0 spiro atoms. The van der Waals surface area contributed by atoms with Gasteiger partial charge in [0.05, 0.1) is 24.1 Å². The number of nitrogens with one attached hydrogen (secondary N) is 1. The van der Waals surface area contributed by atoms with Crippen molar-refractivity contribution in [3.8, 4) is 18.2 Å². The van der Waals surface area contributed by atoms with Crippen molar-refractivity contribution in [2.24, 2.45) is 22.6 Å². The predicted octanol–water partition coefficient (Wildman–Crippen LogP) is 0.934. The third kappa shape index (κ3) is 1.19. The van der Waals surface area contributed by atoms with Crippen molar-refractivity contribution in [2.45, 2.75) is 5.72 Å². The first-order valence-corrected chi connectivity index (χ1v) is 7.02. The van der Waals surface area contributed by atoms with Crippen LogP contribution in [0.5, 0.6) is 0 Å². The average molecular weight is 357 g/mol. The van der Waals surface area contributed by atoms with Crippen LogP contribution in [-0.2, 0) is 5.72 Å². The number of hydrogen-bond acceptors (Lipinski definition) is 6. The Labute approximate surface area is 134 Å². The SMILES string of the molecule is N#CC1(C#N)[C@@H]2[C@](O)(c3ccc(Br)cc3)N(N)C(=N)[C@]21C#N. The molecule has 4 N–H and O–H groups in total. The van der Waals surface area contributed by atoms with Crippen molar-refractivity contribution < 1.29 is 5.11 Å². The van der Waals surface area contributed by atoms with E-state index in [0.717, 1.165) is 9.48 Å². The van der Waals surface area contributed by atoms with Crippen molar-refractivity contribution in [1.29, 1.82) is 21.2 Å². The maximum atomic E-state index is 11.1. The number of halogens is 1. The Hall–Kier alpha value is -2.44. The van der Waals surface area contributed by atoms with Crippen molar-refractivity contribution in [3.05, 3.63) is 34.3 Å². The van der Waals surface area contributed by atoms with E-state index in [9.17, 15) is 20.9 Å². The number of fused-ring (bicyclic) bond motifs is 1. The number of piperidine rings is 1. The molecule has 22 heavy (non-hydrogen) atoms. The molecule has 1 heterocycles. The van der Waals surface area contributed by atoms with Crippen molar-refractivity contribution >= 4 is 21.8 Å². The highest BCUT2D eigenvalue weighted by atomic mass is 79.9. The average Bonchev–Trinajstić information content (AvgIpc) is 3.12. The van der Waals surface area contributed by atoms with E-state index in [1.165, 1.54) is 0 Å². The van der Waals surface area contributed by atoms with Gasteiger partial charge in [0.2, 0.25) is 0 Å². The summed E-state index contributed by atoms with van der Waals surface area (Å²) in [5, 5.41) is 48.2. The van der Waals surface area contributed by atoms with E-state index in [2.05, 4.69) is 15.9 Å². The molecule has 2 aliphatic rings. The Kier molecular flexibility index (Phi) is 2.67. The van der Waals surface area contributed by atoms with Gasteiger partial charge in [0.1, 0.15) is 5.84 Å². The molecule has 0 radical (unpaired) electrons. The summed E-state index contributed by atoms with van der Waals surface area (Å²) in [6.07, 6.45) is 0. The van der Waals surface area contributed by atoms with Crippen LogP contribution in [0.25, 0.3) is 0 Å². The maximum absolute atomic E-state index is 11.1. The molecule has 0 aromatic heterocycles. The molecule has 0 bridgehead atoms. The number of nitriles is 3. The minimum Gasteiger partial charge on any atom is -0.365 e. The standard InChI is InChI=1S/C14H9BrN6O/c15-9-3-1-8(2-4-9)14(22)10-12(5-16,6-17)13(10,7-18)11(19)21(14)20/h1-4,10,19,22H,20H2/t10-,13-,14+/m0/s1. The van der Waals surface area contributed by atoms with E-state index >= 15 is 0 Å². The molecule has 1 aliphatic carbocycles. The number of hydrazine groups is 1. The number of hydrogen-bond donors (Lipinski definition) is 3. The minimum atomic E-state index is -1.96. The van der Waals surface area contributed by atoms with Crippen molar-refractivity contribution in [3.63, 3.8) is 0 Å². The van der Waals surface area contributed by atoms with Gasteiger partial charge in [-0.2, -0.15) is 15.8 Å². The molecule has 0 unspecified atom stereocenters. The Bertz CT molecular complexity index is 802. The summed E-state index contributed by atoms with van der Waals surface area (Å²) < 4.78 is 0.769. The Balaban J connectivity index is 2.25. The number of nitrogens with two attached hydrogens (primary N) is 1. The molecule has 7 nitrogen and oxygen atoms in total. The molecule has 1 saturated carbocycles. The van der Waals surface area contributed by atoms with Gasteiger partial charge < -0.3 is 5.11 Å². The lowest BCUT2D eigenvalue weighted by Crippen LogP contribution is -2.53. The summed E-state index contributed by atoms with van der Waals surface area (Å²) in [4.78, 5) is 0. The van der Waals surface area contributed by atoms with Gasteiger partial charge in [-0.25, -0.2) is 5.84 Å². The van der Waals surface area contributed by atoms with Crippen LogP contribution in [0.3, 0.4) is 0 Å². The second kappa shape index (κ2) is 4.06. The van der Waals surface area contributed by atoms with E-state index < -0.39 is 28.3 Å². The summed E-state index contributed by atoms with van der Waals surface area (Å²) >= 11 is 3.27. The van der Waals surface area contributed by atoms with Gasteiger partial charge in [-0.05, 0) is 12.1 Å². The van der Waals surface area contributed by atoms with Gasteiger partial charge in [0.15, 0.2) is 16.6 Å². The molecular formula is C14H9BrN6O. The lowest BCUT2D eigenvalue weighted by molar-refractivity contribution is -0.0929. The number of benzene rings is 1. The molecule has 108 valence electrons. The van der Waals surface area contributed by atoms with E-state index in [4.69, 9.17) is 11.3 Å². The van der Waals surface area contributed by atoms with E-state index in [1.54, 1.807) is 24.3 Å². The normalized spacial score (nSPS) is 34.3. The predicted molar refractivity (Wildman–Crippen MR) is 77.0 cm³/mol. The number of aliphatic hydroxyl groups is 1. The zero-order valence-electron chi connectivity index (χ0n) is 11.1. The lowest BCUT2D eigenvalue weighted by atomic mass is 9.91. The van der Waals surface area contributed by atoms with Gasteiger partial charge in [-0.1, -0.05) is 28.1 Å². The molecule has 8 heteroatoms. The van der Waals surface area contributed by atoms with Crippen LogP contribution in [0.1, 0.15) is 5.56 Å². The number of amidine groups is 1. The fourth-order valence-corrected chi connectivity index (χ4v) is 3.70. The first-order chi connectivity index (χ1) is 10.4. The summed E-state index contributed by atoms with van der Waals surface area (Å²) in [6.45, 7) is 0. The third-order valence-corrected chi connectivity index (χ3v) is 5.12. The quantitative estimate of drug-likeness (QED) is 0.638. The highest BCUT2D eigenvalue weighted by molar-refractivity contribution is 9.10. The zero-order valence-corrected chi connectivity index (χ0v) is 12.7. The lowest BCUT2D eigenvalue weighted by Gasteiger charge is -2.35. The van der Waals surface area contributed by atoms with E-state index in [0.29, 0.717) is 5.56 Å². The van der Waals surface area contributed by atoms with Crippen LogP contribution in [-0.4, -0.2) is 16.0 Å². The molecule has 3 atom stereocenters. The summed E-state index contributed by atoms with van der Waals surface area (Å²) in [7, 11) is 0. The van der Waals surface area contributed by atoms with Crippen LogP contribution < -0.4 is 5.84 Å². The molecule has 2 fully saturated rings. The van der Waals surface area contributed by atoms with Crippen LogP contribution >= 0.6 is 15.9 Å². The molecule has 1 saturated heterocycles. The smallest absolute Gasteiger partial charge is 0.186 e. The van der Waals surface area contributed by atoms with Crippen LogP contribution in [0.15, 0.2) is 28.7 Å². The first kappa shape index (κ1) is 14.5. The number of nitrogens with zero attached hydrogens (tertiary/aromatic N) is 4. The van der Waals surface area contributed by atoms with Gasteiger partial charge in [-0.3, -0.25) is 10.4 Å². The topological polar surface area (TPSA) is 145 Å². The van der Waals surface area contributed by atoms with Crippen LogP contribution in [0, 0.1) is 56.2 Å². The third-order valence-electron chi connectivity index (χ3n) is 4.59. The zero-order chi connectivity index (χ0) is 16.3. The number of rotatable bonds is 1. The summed E-state index contributed by atoms with van der Waals surface area (Å²) in [5.74, 6) is 4.29. The monoisotopic (exact) mass is 356 g/mol. The molecular weight excluding hydrogens is 348 g/mol. The van der Waals surface area contributed by atoms with Crippen LogP contribution in [0.2, 0.25) is 0 Å². The summed E-state index contributed by atoms with van der Waals surface area (Å²) in [6, 6.07) is 12.0.